The minimum atomic E-state index is -1.84. The molecule has 0 bridgehead atoms. The molecule has 1 aliphatic heterocycles. The average Bonchev–Trinajstić information content (AvgIpc) is 2.51. The first kappa shape index (κ1) is 19.6. The Hall–Kier alpha value is -1.46. The molecule has 0 saturated carbocycles. The normalized spacial score (nSPS) is 21.2. The largest absolute Gasteiger partial charge is 0.394 e. The lowest BCUT2D eigenvalue weighted by Crippen LogP contribution is -2.60. The molecule has 0 saturated heterocycles. The van der Waals surface area contributed by atoms with Gasteiger partial charge in [0.15, 0.2) is 0 Å². The van der Waals surface area contributed by atoms with Gasteiger partial charge in [-0.25, -0.2) is 14.8 Å². The van der Waals surface area contributed by atoms with Crippen molar-refractivity contribution in [2.45, 2.75) is 64.2 Å². The molecule has 2 amide bonds. The van der Waals surface area contributed by atoms with Crippen molar-refractivity contribution in [1.82, 2.24) is 15.4 Å². The van der Waals surface area contributed by atoms with E-state index in [4.69, 9.17) is 5.11 Å². The van der Waals surface area contributed by atoms with E-state index in [2.05, 4.69) is 10.5 Å². The fourth-order valence-electron chi connectivity index (χ4n) is 1.90. The number of hydrogen-bond acceptors (Lipinski definition) is 7. The number of amides is 2. The lowest BCUT2D eigenvalue weighted by Gasteiger charge is -2.37. The molecule has 1 aliphatic rings. The van der Waals surface area contributed by atoms with E-state index >= 15 is 0 Å². The van der Waals surface area contributed by atoms with Gasteiger partial charge in [0.1, 0.15) is 24.4 Å². The molecule has 10 nitrogen and oxygen atoms in total. The lowest BCUT2D eigenvalue weighted by molar-refractivity contribution is -0.102. The van der Waals surface area contributed by atoms with Gasteiger partial charge in [-0.3, -0.25) is 0 Å². The number of amidine groups is 1. The number of nitrogens with zero attached hydrogens (tertiary/aromatic N) is 4. The maximum atomic E-state index is 12.2. The highest BCUT2D eigenvalue weighted by Crippen LogP contribution is 2.16. The number of rotatable bonds is 7. The van der Waals surface area contributed by atoms with Crippen molar-refractivity contribution in [3.05, 3.63) is 0 Å². The minimum Gasteiger partial charge on any atom is -0.394 e. The molecule has 0 aliphatic carbocycles. The van der Waals surface area contributed by atoms with E-state index in [1.807, 2.05) is 0 Å². The third-order valence-corrected chi connectivity index (χ3v) is 3.31. The van der Waals surface area contributed by atoms with Gasteiger partial charge in [-0.1, -0.05) is 0 Å². The zero-order valence-electron chi connectivity index (χ0n) is 13.6. The van der Waals surface area contributed by atoms with Crippen molar-refractivity contribution >= 4 is 11.9 Å². The van der Waals surface area contributed by atoms with Gasteiger partial charge < -0.3 is 25.5 Å². The second-order valence-corrected chi connectivity index (χ2v) is 5.89. The van der Waals surface area contributed by atoms with Gasteiger partial charge in [-0.05, 0) is 27.7 Å². The topological polar surface area (TPSA) is 151 Å². The molecule has 0 aromatic heterocycles. The summed E-state index contributed by atoms with van der Waals surface area (Å²) in [6.07, 6.45) is -7.02. The van der Waals surface area contributed by atoms with Gasteiger partial charge in [0, 0.05) is 0 Å². The predicted molar refractivity (Wildman–Crippen MR) is 80.0 cm³/mol. The Balaban J connectivity index is 3.03. The molecule has 0 unspecified atom stereocenters. The number of aliphatic hydroxyl groups excluding tert-OH is 5. The molecule has 1 rings (SSSR count). The molecule has 0 fully saturated rings. The number of hydrazone groups is 1. The van der Waals surface area contributed by atoms with Crippen LogP contribution in [0.1, 0.15) is 27.7 Å². The molecule has 5 N–H and O–H groups in total. The van der Waals surface area contributed by atoms with Crippen LogP contribution < -0.4 is 5.43 Å². The number of aliphatic hydroxyl groups is 5. The van der Waals surface area contributed by atoms with Crippen LogP contribution >= 0.6 is 0 Å². The van der Waals surface area contributed by atoms with Gasteiger partial charge in [0.2, 0.25) is 5.84 Å². The molecule has 133 valence electrons. The maximum Gasteiger partial charge on any atom is 0.361 e. The summed E-state index contributed by atoms with van der Waals surface area (Å²) in [7, 11) is 0. The fourth-order valence-corrected chi connectivity index (χ4v) is 1.90. The summed E-state index contributed by atoms with van der Waals surface area (Å²) in [5.41, 5.74) is 3.91. The van der Waals surface area contributed by atoms with Crippen LogP contribution in [-0.2, 0) is 0 Å². The lowest BCUT2D eigenvalue weighted by atomic mass is 10.0. The first-order valence-electron chi connectivity index (χ1n) is 7.37. The van der Waals surface area contributed by atoms with Crippen molar-refractivity contribution in [2.75, 3.05) is 6.61 Å². The van der Waals surface area contributed by atoms with Gasteiger partial charge in [-0.2, -0.15) is 0 Å². The monoisotopic (exact) mass is 333 g/mol. The molecule has 1 radical (unpaired) electrons. The Bertz CT molecular complexity index is 444. The first-order chi connectivity index (χ1) is 10.6. The smallest absolute Gasteiger partial charge is 0.361 e. The van der Waals surface area contributed by atoms with Crippen LogP contribution in [0.15, 0.2) is 5.10 Å². The van der Waals surface area contributed by atoms with Crippen LogP contribution in [0.5, 0.6) is 0 Å². The maximum absolute atomic E-state index is 12.2. The van der Waals surface area contributed by atoms with E-state index in [0.29, 0.717) is 0 Å². The Labute approximate surface area is 134 Å². The van der Waals surface area contributed by atoms with Crippen LogP contribution in [0.25, 0.3) is 0 Å². The fraction of sp³-hybridized carbons (Fsp3) is 0.846. The Morgan fingerprint density at radius 2 is 1.48 bits per heavy atom. The van der Waals surface area contributed by atoms with Crippen LogP contribution in [-0.4, -0.2) is 90.5 Å². The summed E-state index contributed by atoms with van der Waals surface area (Å²) >= 11 is 0. The zero-order valence-corrected chi connectivity index (χ0v) is 13.6. The van der Waals surface area contributed by atoms with Gasteiger partial charge >= 0.3 is 6.03 Å². The number of urea groups is 1. The molecule has 1 heterocycles. The molecule has 10 heteroatoms. The highest BCUT2D eigenvalue weighted by molar-refractivity contribution is 5.92. The quantitative estimate of drug-likeness (QED) is 0.357. The van der Waals surface area contributed by atoms with Gasteiger partial charge in [-0.15, -0.1) is 10.5 Å². The van der Waals surface area contributed by atoms with Crippen molar-refractivity contribution in [3.8, 4) is 0 Å². The highest BCUT2D eigenvalue weighted by Gasteiger charge is 2.40. The predicted octanol–water partition coefficient (Wildman–Crippen LogP) is -2.19. The van der Waals surface area contributed by atoms with E-state index in [1.54, 1.807) is 27.7 Å². The Kier molecular flexibility index (Phi) is 6.71. The van der Waals surface area contributed by atoms with Crippen molar-refractivity contribution < 1.29 is 30.3 Å². The third kappa shape index (κ3) is 4.30. The second kappa shape index (κ2) is 7.88. The summed E-state index contributed by atoms with van der Waals surface area (Å²) in [6, 6.07) is -1.10. The zero-order chi connectivity index (χ0) is 17.9. The van der Waals surface area contributed by atoms with E-state index in [1.165, 1.54) is 0 Å². The molecule has 0 aromatic carbocycles. The van der Waals surface area contributed by atoms with E-state index in [-0.39, 0.29) is 17.9 Å². The standard InChI is InChI=1S/C13H25N4O6/c1-6(2)16-13(23)17(7(3)4)15-12(14-16)11(22)10(21)9(20)8(19)5-18/h6-11,18-22H,5H2,1-4H3/t8-,9-,10+,11-/m1/s1. The molecule has 0 spiro atoms. The van der Waals surface area contributed by atoms with Crippen LogP contribution in [0.3, 0.4) is 0 Å². The minimum absolute atomic E-state index is 0.274. The molecule has 23 heavy (non-hydrogen) atoms. The van der Waals surface area contributed by atoms with Crippen molar-refractivity contribution in [2.24, 2.45) is 5.10 Å². The number of hydrogen-bond donors (Lipinski definition) is 5. The summed E-state index contributed by atoms with van der Waals surface area (Å²) in [5.74, 6) is -0.274. The average molecular weight is 333 g/mol. The van der Waals surface area contributed by atoms with E-state index < -0.39 is 37.1 Å². The second-order valence-electron chi connectivity index (χ2n) is 5.89. The number of carbonyl (C=O) groups excluding carboxylic acids is 1. The van der Waals surface area contributed by atoms with Crippen LogP contribution in [0.4, 0.5) is 4.79 Å². The highest BCUT2D eigenvalue weighted by atomic mass is 16.4. The number of carbonyl (C=O) groups is 1. The summed E-state index contributed by atoms with van der Waals surface area (Å²) < 4.78 is 0. The van der Waals surface area contributed by atoms with Crippen molar-refractivity contribution in [3.63, 3.8) is 0 Å². The summed E-state index contributed by atoms with van der Waals surface area (Å²) in [5, 5.41) is 54.0. The molecule has 4 atom stereocenters. The summed E-state index contributed by atoms with van der Waals surface area (Å²) in [4.78, 5) is 12.2. The van der Waals surface area contributed by atoms with Gasteiger partial charge in [0.05, 0.1) is 18.7 Å². The van der Waals surface area contributed by atoms with Crippen LogP contribution in [0, 0.1) is 0 Å². The third-order valence-electron chi connectivity index (χ3n) is 3.31. The van der Waals surface area contributed by atoms with E-state index in [0.717, 1.165) is 10.0 Å². The summed E-state index contributed by atoms with van der Waals surface area (Å²) in [6.45, 7) is 6.08. The SMILES string of the molecule is CC(C)N1[N]C([C@H](O)[C@@H](O)[C@H](O)[C@H](O)CO)=NN(C(C)C)C1=O. The first-order valence-corrected chi connectivity index (χ1v) is 7.37. The molecular formula is C13H25N4O6. The molecule has 0 aromatic rings. The van der Waals surface area contributed by atoms with Gasteiger partial charge in [0.25, 0.3) is 0 Å². The van der Waals surface area contributed by atoms with E-state index in [9.17, 15) is 25.2 Å². The Morgan fingerprint density at radius 1 is 0.957 bits per heavy atom. The Morgan fingerprint density at radius 3 is 1.91 bits per heavy atom. The van der Waals surface area contributed by atoms with Crippen molar-refractivity contribution in [1.29, 1.82) is 0 Å². The molecular weight excluding hydrogens is 308 g/mol. The van der Waals surface area contributed by atoms with Crippen LogP contribution in [0.2, 0.25) is 0 Å².